The molecule has 2 atom stereocenters. The summed E-state index contributed by atoms with van der Waals surface area (Å²) in [7, 11) is -4.30. The van der Waals surface area contributed by atoms with E-state index in [0.717, 1.165) is 14.8 Å². The van der Waals surface area contributed by atoms with Crippen LogP contribution in [0, 0.1) is 0 Å². The molecule has 260 valence electrons. The lowest BCUT2D eigenvalue weighted by atomic mass is 10.0. The Morgan fingerprint density at radius 1 is 0.878 bits per heavy atom. The summed E-state index contributed by atoms with van der Waals surface area (Å²) < 4.78 is 35.8. The maximum Gasteiger partial charge on any atom is 0.264 e. The number of carbonyl (C=O) groups excluding carboxylic acids is 2. The maximum atomic E-state index is 14.8. The summed E-state index contributed by atoms with van der Waals surface area (Å²) in [6.45, 7) is 5.28. The Morgan fingerprint density at radius 2 is 1.55 bits per heavy atom. The molecule has 2 amide bonds. The zero-order chi connectivity index (χ0) is 35.6. The van der Waals surface area contributed by atoms with E-state index in [-0.39, 0.29) is 42.1 Å². The van der Waals surface area contributed by atoms with Crippen LogP contribution in [0.3, 0.4) is 0 Å². The molecule has 4 aromatic rings. The molecule has 0 spiro atoms. The van der Waals surface area contributed by atoms with Gasteiger partial charge < -0.3 is 15.0 Å². The number of ether oxygens (including phenoxy) is 1. The number of sulfonamides is 1. The minimum absolute atomic E-state index is 0.00998. The number of hydrogen-bond donors (Lipinski definition) is 1. The van der Waals surface area contributed by atoms with E-state index in [1.54, 1.807) is 61.5 Å². The van der Waals surface area contributed by atoms with E-state index in [4.69, 9.17) is 27.9 Å². The van der Waals surface area contributed by atoms with Crippen LogP contribution in [0.5, 0.6) is 5.75 Å². The molecule has 0 radical (unpaired) electrons. The quantitative estimate of drug-likeness (QED) is 0.118. The molecule has 12 heteroatoms. The van der Waals surface area contributed by atoms with Gasteiger partial charge in [0.05, 0.1) is 27.2 Å². The number of nitrogens with zero attached hydrogens (tertiary/aromatic N) is 2. The van der Waals surface area contributed by atoms with Gasteiger partial charge in [-0.3, -0.25) is 13.9 Å². The maximum absolute atomic E-state index is 14.8. The van der Waals surface area contributed by atoms with Crippen LogP contribution in [0.25, 0.3) is 0 Å². The molecule has 0 aliphatic heterocycles. The van der Waals surface area contributed by atoms with Crippen LogP contribution in [-0.2, 0) is 32.6 Å². The highest BCUT2D eigenvalue weighted by Gasteiger charge is 2.36. The van der Waals surface area contributed by atoms with Crippen LogP contribution in [-0.4, -0.2) is 56.6 Å². The highest BCUT2D eigenvalue weighted by atomic mass is 35.5. The number of amides is 2. The van der Waals surface area contributed by atoms with Crippen molar-refractivity contribution in [3.8, 4) is 5.75 Å². The number of rotatable bonds is 16. The average molecular weight is 743 g/mol. The fourth-order valence-electron chi connectivity index (χ4n) is 5.16. The number of benzene rings is 4. The third kappa shape index (κ3) is 9.94. The van der Waals surface area contributed by atoms with Gasteiger partial charge in [0.15, 0.2) is 0 Å². The smallest absolute Gasteiger partial charge is 0.264 e. The number of nitrogens with one attached hydrogen (secondary N) is 1. The van der Waals surface area contributed by atoms with E-state index in [9.17, 15) is 18.0 Å². The average Bonchev–Trinajstić information content (AvgIpc) is 3.10. The number of thioether (sulfide) groups is 1. The van der Waals surface area contributed by atoms with Gasteiger partial charge in [-0.2, -0.15) is 0 Å². The highest BCUT2D eigenvalue weighted by molar-refractivity contribution is 7.98. The van der Waals surface area contributed by atoms with E-state index in [1.807, 2.05) is 50.4 Å². The van der Waals surface area contributed by atoms with Crippen molar-refractivity contribution in [1.82, 2.24) is 10.2 Å². The summed E-state index contributed by atoms with van der Waals surface area (Å²) in [6, 6.07) is 26.4. The second kappa shape index (κ2) is 17.8. The first-order chi connectivity index (χ1) is 23.5. The third-order valence-corrected chi connectivity index (χ3v) is 11.2. The van der Waals surface area contributed by atoms with Crippen molar-refractivity contribution >= 4 is 62.5 Å². The van der Waals surface area contributed by atoms with Crippen LogP contribution in [0.1, 0.15) is 38.3 Å². The van der Waals surface area contributed by atoms with Gasteiger partial charge in [0.25, 0.3) is 10.0 Å². The Labute approximate surface area is 303 Å². The first-order valence-corrected chi connectivity index (χ1v) is 19.4. The van der Waals surface area contributed by atoms with Crippen molar-refractivity contribution in [1.29, 1.82) is 0 Å². The van der Waals surface area contributed by atoms with Crippen LogP contribution < -0.4 is 14.4 Å². The standard InChI is InChI=1S/C37H41Cl2N3O5S2/c1-5-26(3)40-37(44)34(23-27-12-8-7-9-13-27)41(24-28-16-21-31(38)32(39)22-28)36(43)25-42(33-14-10-11-15-35(33)47-6-2)49(45,46)30-19-17-29(48-4)18-20-30/h7-22,26,34H,5-6,23-25H2,1-4H3,(H,40,44)/t26-,34-/m1/s1. The topological polar surface area (TPSA) is 96.0 Å². The number of anilines is 1. The van der Waals surface area contributed by atoms with Gasteiger partial charge in [-0.25, -0.2) is 8.42 Å². The lowest BCUT2D eigenvalue weighted by Crippen LogP contribution is -2.54. The molecule has 0 bridgehead atoms. The fraction of sp³-hybridized carbons (Fsp3) is 0.297. The molecule has 0 aliphatic rings. The predicted molar refractivity (Wildman–Crippen MR) is 199 cm³/mol. The van der Waals surface area contributed by atoms with Gasteiger partial charge >= 0.3 is 0 Å². The third-order valence-electron chi connectivity index (χ3n) is 7.97. The molecule has 49 heavy (non-hydrogen) atoms. The molecule has 0 heterocycles. The second-order valence-corrected chi connectivity index (χ2v) is 14.9. The number of para-hydroxylation sites is 2. The van der Waals surface area contributed by atoms with Crippen LogP contribution in [0.4, 0.5) is 5.69 Å². The Balaban J connectivity index is 1.86. The minimum Gasteiger partial charge on any atom is -0.492 e. The molecule has 4 rings (SSSR count). The van der Waals surface area contributed by atoms with Gasteiger partial charge in [-0.1, -0.05) is 78.7 Å². The Morgan fingerprint density at radius 3 is 2.18 bits per heavy atom. The van der Waals surface area contributed by atoms with Gasteiger partial charge in [0.2, 0.25) is 11.8 Å². The molecule has 1 N–H and O–H groups in total. The minimum atomic E-state index is -4.30. The lowest BCUT2D eigenvalue weighted by Gasteiger charge is -2.34. The van der Waals surface area contributed by atoms with E-state index in [2.05, 4.69) is 5.32 Å². The van der Waals surface area contributed by atoms with Crippen molar-refractivity contribution in [3.05, 3.63) is 118 Å². The molecule has 0 aromatic heterocycles. The molecular weight excluding hydrogens is 701 g/mol. The Hall–Kier alpha value is -3.70. The zero-order valence-corrected chi connectivity index (χ0v) is 31.1. The van der Waals surface area contributed by atoms with E-state index < -0.39 is 28.5 Å². The number of halogens is 2. The van der Waals surface area contributed by atoms with Gasteiger partial charge in [-0.15, -0.1) is 11.8 Å². The Kier molecular flexibility index (Phi) is 13.8. The largest absolute Gasteiger partial charge is 0.492 e. The van der Waals surface area contributed by atoms with Gasteiger partial charge in [0.1, 0.15) is 18.3 Å². The first-order valence-electron chi connectivity index (χ1n) is 15.9. The van der Waals surface area contributed by atoms with Crippen molar-refractivity contribution < 1.29 is 22.7 Å². The molecule has 0 aliphatic carbocycles. The van der Waals surface area contributed by atoms with Crippen LogP contribution in [0.15, 0.2) is 107 Å². The summed E-state index contributed by atoms with van der Waals surface area (Å²) in [5.41, 5.74) is 1.65. The molecule has 0 saturated heterocycles. The van der Waals surface area contributed by atoms with Crippen LogP contribution in [0.2, 0.25) is 10.0 Å². The molecule has 8 nitrogen and oxygen atoms in total. The molecule has 4 aromatic carbocycles. The summed E-state index contributed by atoms with van der Waals surface area (Å²) in [5, 5.41) is 3.67. The van der Waals surface area contributed by atoms with Crippen LogP contribution >= 0.6 is 35.0 Å². The number of carbonyl (C=O) groups is 2. The van der Waals surface area contributed by atoms with Gasteiger partial charge in [-0.05, 0) is 86.2 Å². The normalized spacial score (nSPS) is 12.5. The predicted octanol–water partition coefficient (Wildman–Crippen LogP) is 7.86. The fourth-order valence-corrected chi connectivity index (χ4v) is 7.31. The van der Waals surface area contributed by atoms with Crippen molar-refractivity contribution in [2.45, 2.75) is 62.0 Å². The molecular formula is C37H41Cl2N3O5S2. The van der Waals surface area contributed by atoms with Gasteiger partial charge in [0, 0.05) is 23.9 Å². The van der Waals surface area contributed by atoms with E-state index in [1.165, 1.54) is 28.8 Å². The second-order valence-electron chi connectivity index (χ2n) is 11.4. The SMILES string of the molecule is CCOc1ccccc1N(CC(=O)N(Cc1ccc(Cl)c(Cl)c1)[C@H](Cc1ccccc1)C(=O)N[C@H](C)CC)S(=O)(=O)c1ccc(SC)cc1. The number of hydrogen-bond acceptors (Lipinski definition) is 6. The summed E-state index contributed by atoms with van der Waals surface area (Å²) in [5.74, 6) is -0.654. The van der Waals surface area contributed by atoms with Crippen molar-refractivity contribution in [2.24, 2.45) is 0 Å². The molecule has 0 unspecified atom stereocenters. The monoisotopic (exact) mass is 741 g/mol. The lowest BCUT2D eigenvalue weighted by molar-refractivity contribution is -0.140. The van der Waals surface area contributed by atoms with Crippen molar-refractivity contribution in [2.75, 3.05) is 23.7 Å². The highest BCUT2D eigenvalue weighted by Crippen LogP contribution is 2.34. The summed E-state index contributed by atoms with van der Waals surface area (Å²) in [4.78, 5) is 31.1. The summed E-state index contributed by atoms with van der Waals surface area (Å²) in [6.07, 6.45) is 2.77. The summed E-state index contributed by atoms with van der Waals surface area (Å²) >= 11 is 14.1. The zero-order valence-electron chi connectivity index (χ0n) is 27.9. The Bertz CT molecular complexity index is 1830. The molecule has 0 fully saturated rings. The molecule has 0 saturated carbocycles. The van der Waals surface area contributed by atoms with E-state index >= 15 is 0 Å². The van der Waals surface area contributed by atoms with Crippen molar-refractivity contribution in [3.63, 3.8) is 0 Å². The van der Waals surface area contributed by atoms with E-state index in [0.29, 0.717) is 27.8 Å². The first kappa shape index (κ1) is 38.1.